The molecule has 0 amide bonds. The van der Waals surface area contributed by atoms with Gasteiger partial charge in [-0.3, -0.25) is 11.7 Å². The molecule has 0 aromatic heterocycles. The Bertz CT molecular complexity index is 258. The van der Waals surface area contributed by atoms with Crippen LogP contribution in [0.3, 0.4) is 0 Å². The van der Waals surface area contributed by atoms with Crippen molar-refractivity contribution in [2.24, 2.45) is 11.7 Å². The molecule has 0 atom stereocenters. The van der Waals surface area contributed by atoms with E-state index in [4.69, 9.17) is 5.53 Å². The van der Waals surface area contributed by atoms with Crippen molar-refractivity contribution < 1.29 is 13.2 Å². The molecule has 0 aromatic carbocycles. The molecule has 0 unspecified atom stereocenters. The van der Waals surface area contributed by atoms with Crippen LogP contribution in [0.25, 0.3) is 5.53 Å². The fraction of sp³-hybridized carbons (Fsp3) is 0.800. The zero-order chi connectivity index (χ0) is 10.4. The van der Waals surface area contributed by atoms with Crippen LogP contribution in [0.4, 0.5) is 0 Å². The monoisotopic (exact) mass is 194 g/mol. The van der Waals surface area contributed by atoms with Crippen LogP contribution >= 0.6 is 0 Å². The summed E-state index contributed by atoms with van der Waals surface area (Å²) in [5, 5.41) is 0. The van der Waals surface area contributed by atoms with E-state index in [9.17, 15) is 8.42 Å². The summed E-state index contributed by atoms with van der Waals surface area (Å²) in [5.41, 5.74) is 8.50. The molecule has 0 rings (SSSR count). The highest BCUT2D eigenvalue weighted by atomic mass is 32.2. The number of hydrogen-bond donors (Lipinski definition) is 2. The second-order valence-electron chi connectivity index (χ2n) is 2.88. The molecule has 0 aliphatic heterocycles. The van der Waals surface area contributed by atoms with Gasteiger partial charge in [0.2, 0.25) is 0 Å². The van der Waals surface area contributed by atoms with Gasteiger partial charge < -0.3 is 5.53 Å². The van der Waals surface area contributed by atoms with E-state index in [1.807, 2.05) is 0 Å². The van der Waals surface area contributed by atoms with E-state index < -0.39 is 14.6 Å². The van der Waals surface area contributed by atoms with Gasteiger partial charge in [0.05, 0.1) is 4.75 Å². The van der Waals surface area contributed by atoms with Gasteiger partial charge in [0.25, 0.3) is 9.84 Å². The van der Waals surface area contributed by atoms with E-state index in [1.54, 1.807) is 0 Å². The average Bonchev–Trinajstić information content (AvgIpc) is 1.89. The second kappa shape index (κ2) is 5.00. The molecular formula is C5H14N4O2S. The van der Waals surface area contributed by atoms with Gasteiger partial charge in [-0.25, -0.2) is 8.42 Å². The Kier molecular flexibility index (Phi) is 5.75. The van der Waals surface area contributed by atoms with Crippen molar-refractivity contribution in [1.82, 2.24) is 0 Å². The van der Waals surface area contributed by atoms with Gasteiger partial charge in [0, 0.05) is 0 Å². The van der Waals surface area contributed by atoms with Crippen molar-refractivity contribution in [2.75, 3.05) is 0 Å². The number of rotatable bonds is 1. The van der Waals surface area contributed by atoms with Crippen molar-refractivity contribution in [1.29, 1.82) is 0 Å². The average molecular weight is 194 g/mol. The molecule has 72 valence electrons. The van der Waals surface area contributed by atoms with E-state index in [0.717, 1.165) is 0 Å². The molecule has 0 bridgehead atoms. The molecule has 0 aliphatic rings. The molecule has 4 N–H and O–H groups in total. The van der Waals surface area contributed by atoms with Crippen LogP contribution in [0.5, 0.6) is 0 Å². The van der Waals surface area contributed by atoms with Crippen LogP contribution in [-0.4, -0.2) is 23.5 Å². The van der Waals surface area contributed by atoms with E-state index in [0.29, 0.717) is 5.55 Å². The van der Waals surface area contributed by atoms with Crippen LogP contribution < -0.4 is 11.7 Å². The molecule has 0 fully saturated rings. The topological polar surface area (TPSA) is 123 Å². The Hall–Kier alpha value is -0.750. The summed E-state index contributed by atoms with van der Waals surface area (Å²) in [7, 11) is -3.39. The van der Waals surface area contributed by atoms with Crippen molar-refractivity contribution in [3.63, 3.8) is 0 Å². The van der Waals surface area contributed by atoms with Gasteiger partial charge >= 0.3 is 5.55 Å². The van der Waals surface area contributed by atoms with E-state index in [2.05, 4.69) is 16.5 Å². The summed E-state index contributed by atoms with van der Waals surface area (Å²) in [6, 6.07) is 0. The van der Waals surface area contributed by atoms with E-state index in [1.165, 1.54) is 20.8 Å². The van der Waals surface area contributed by atoms with Crippen molar-refractivity contribution in [3.05, 3.63) is 5.53 Å². The summed E-state index contributed by atoms with van der Waals surface area (Å²) in [4.78, 5) is 2.46. The van der Waals surface area contributed by atoms with E-state index >= 15 is 0 Å². The molecule has 6 nitrogen and oxygen atoms in total. The number of nitrogens with two attached hydrogens (primary N) is 2. The van der Waals surface area contributed by atoms with Gasteiger partial charge in [0.1, 0.15) is 0 Å². The van der Waals surface area contributed by atoms with Crippen LogP contribution in [0, 0.1) is 0 Å². The molecule has 12 heavy (non-hydrogen) atoms. The third-order valence-electron chi connectivity index (χ3n) is 1.04. The van der Waals surface area contributed by atoms with Gasteiger partial charge in [-0.1, -0.05) is 0 Å². The minimum Gasteiger partial charge on any atom is -0.361 e. The fourth-order valence-corrected chi connectivity index (χ4v) is 0.661. The first-order chi connectivity index (χ1) is 5.31. The Balaban J connectivity index is 0. The molecule has 0 saturated carbocycles. The van der Waals surface area contributed by atoms with Crippen LogP contribution in [0.1, 0.15) is 20.8 Å². The highest BCUT2D eigenvalue weighted by Crippen LogP contribution is 2.12. The predicted octanol–water partition coefficient (Wildman–Crippen LogP) is -0.723. The third-order valence-corrected chi connectivity index (χ3v) is 3.12. The van der Waals surface area contributed by atoms with Gasteiger partial charge in [-0.05, 0) is 20.8 Å². The van der Waals surface area contributed by atoms with Crippen molar-refractivity contribution >= 4 is 15.4 Å². The summed E-state index contributed by atoms with van der Waals surface area (Å²) in [6.45, 7) is 4.60. The SMILES string of the molecule is CC(C)(C)S(=O)(=O)C=[N+]=[N-].NN. The lowest BCUT2D eigenvalue weighted by molar-refractivity contribution is 0.00741. The maximum absolute atomic E-state index is 10.9. The molecule has 7 heteroatoms. The lowest BCUT2D eigenvalue weighted by Crippen LogP contribution is -2.28. The molecule has 0 saturated heterocycles. The zero-order valence-electron chi connectivity index (χ0n) is 7.35. The first kappa shape index (κ1) is 13.8. The minimum absolute atomic E-state index is 0.549. The van der Waals surface area contributed by atoms with Crippen LogP contribution in [0.15, 0.2) is 0 Å². The van der Waals surface area contributed by atoms with Crippen LogP contribution in [-0.2, 0) is 9.84 Å². The number of sulfone groups is 1. The van der Waals surface area contributed by atoms with Gasteiger partial charge in [-0.2, -0.15) is 4.79 Å². The van der Waals surface area contributed by atoms with E-state index in [-0.39, 0.29) is 0 Å². The Labute approximate surface area is 72.1 Å². The maximum Gasteiger partial charge on any atom is 0.370 e. The first-order valence-corrected chi connectivity index (χ1v) is 4.61. The third kappa shape index (κ3) is 4.20. The minimum atomic E-state index is -3.39. The van der Waals surface area contributed by atoms with Crippen molar-refractivity contribution in [2.45, 2.75) is 25.5 Å². The van der Waals surface area contributed by atoms with Gasteiger partial charge in [-0.15, -0.1) is 0 Å². The summed E-state index contributed by atoms with van der Waals surface area (Å²) in [6.07, 6.45) is 0. The Morgan fingerprint density at radius 1 is 1.33 bits per heavy atom. The molecule has 0 aliphatic carbocycles. The highest BCUT2D eigenvalue weighted by molar-refractivity contribution is 8.05. The number of hydrazine groups is 1. The smallest absolute Gasteiger partial charge is 0.361 e. The predicted molar refractivity (Wildman–Crippen MR) is 46.7 cm³/mol. The Morgan fingerprint density at radius 3 is 1.75 bits per heavy atom. The molecule has 0 heterocycles. The summed E-state index contributed by atoms with van der Waals surface area (Å²) >= 11 is 0. The maximum atomic E-state index is 10.9. The van der Waals surface area contributed by atoms with Crippen LogP contribution in [0.2, 0.25) is 0 Å². The fourth-order valence-electron chi connectivity index (χ4n) is 0.220. The number of hydrogen-bond acceptors (Lipinski definition) is 4. The molecule has 0 spiro atoms. The quantitative estimate of drug-likeness (QED) is 0.143. The zero-order valence-corrected chi connectivity index (χ0v) is 8.17. The van der Waals surface area contributed by atoms with Gasteiger partial charge in [0.15, 0.2) is 0 Å². The first-order valence-electron chi connectivity index (χ1n) is 3.06. The summed E-state index contributed by atoms with van der Waals surface area (Å²) < 4.78 is 21.0. The molecule has 0 radical (unpaired) electrons. The van der Waals surface area contributed by atoms with Crippen molar-refractivity contribution in [3.8, 4) is 0 Å². The lowest BCUT2D eigenvalue weighted by atomic mass is 10.3. The molecule has 0 aromatic rings. The number of nitrogens with zero attached hydrogens (tertiary/aromatic N) is 2. The summed E-state index contributed by atoms with van der Waals surface area (Å²) in [5.74, 6) is 8.00. The Morgan fingerprint density at radius 2 is 1.67 bits per heavy atom. The molecular weight excluding hydrogens is 180 g/mol. The lowest BCUT2D eigenvalue weighted by Gasteiger charge is -2.11. The largest absolute Gasteiger partial charge is 0.370 e. The normalized spacial score (nSPS) is 10.8. The highest BCUT2D eigenvalue weighted by Gasteiger charge is 2.30. The second-order valence-corrected chi connectivity index (χ2v) is 5.40. The standard InChI is InChI=1S/C5H10N2O2S.H4N2/c1-5(2,3)10(8,9)4-7-6;1-2/h4H,1-3H3;1-2H2.